The van der Waals surface area contributed by atoms with E-state index in [4.69, 9.17) is 11.6 Å². The Bertz CT molecular complexity index is 1490. The van der Waals surface area contributed by atoms with Gasteiger partial charge >= 0.3 is 0 Å². The Balaban J connectivity index is 1.58. The maximum absolute atomic E-state index is 6.48. The van der Waals surface area contributed by atoms with Gasteiger partial charge in [0.1, 0.15) is 0 Å². The highest BCUT2D eigenvalue weighted by atomic mass is 35.5. The first kappa shape index (κ1) is 21.0. The van der Waals surface area contributed by atoms with Gasteiger partial charge in [0.05, 0.1) is 0 Å². The molecule has 164 valence electrons. The maximum Gasteiger partial charge on any atom is 0.0409 e. The Morgan fingerprint density at radius 1 is 0.500 bits per heavy atom. The van der Waals surface area contributed by atoms with Crippen molar-refractivity contribution in [2.75, 3.05) is 0 Å². The molecule has 0 spiro atoms. The van der Waals surface area contributed by atoms with Crippen LogP contribution in [-0.4, -0.2) is 0 Å². The zero-order valence-electron chi connectivity index (χ0n) is 19.3. The molecule has 0 unspecified atom stereocenters. The van der Waals surface area contributed by atoms with Crippen molar-refractivity contribution < 1.29 is 0 Å². The van der Waals surface area contributed by atoms with E-state index < -0.39 is 0 Å². The van der Waals surface area contributed by atoms with Crippen molar-refractivity contribution in [2.24, 2.45) is 0 Å². The summed E-state index contributed by atoms with van der Waals surface area (Å²) >= 11 is 6.48. The van der Waals surface area contributed by atoms with Crippen molar-refractivity contribution in [2.45, 2.75) is 19.3 Å². The first-order valence-corrected chi connectivity index (χ1v) is 12.1. The number of halogens is 1. The van der Waals surface area contributed by atoms with Crippen LogP contribution in [0, 0.1) is 0 Å². The SMILES string of the molecule is CC1(C)c2cc(Cl)ccc2-c2c(-c3ccccc3)ccc(-c3ccc(-c4ccccc4)cc3)c21. The first-order valence-electron chi connectivity index (χ1n) is 11.7. The molecule has 1 heteroatoms. The molecule has 1 aliphatic rings. The Hall–Kier alpha value is -3.61. The average molecular weight is 457 g/mol. The molecule has 0 radical (unpaired) electrons. The second-order valence-electron chi connectivity index (χ2n) is 9.53. The predicted molar refractivity (Wildman–Crippen MR) is 145 cm³/mol. The minimum absolute atomic E-state index is 0.159. The highest BCUT2D eigenvalue weighted by Gasteiger charge is 2.39. The number of hydrogen-bond donors (Lipinski definition) is 0. The summed E-state index contributed by atoms with van der Waals surface area (Å²) in [7, 11) is 0. The summed E-state index contributed by atoms with van der Waals surface area (Å²) in [5, 5.41) is 0.787. The van der Waals surface area contributed by atoms with Crippen LogP contribution in [0.15, 0.2) is 115 Å². The molecule has 0 fully saturated rings. The topological polar surface area (TPSA) is 0 Å². The predicted octanol–water partition coefficient (Wildman–Crippen LogP) is 9.65. The summed E-state index contributed by atoms with van der Waals surface area (Å²) in [6, 6.07) is 41.2. The Kier molecular flexibility index (Phi) is 4.94. The van der Waals surface area contributed by atoms with Gasteiger partial charge < -0.3 is 0 Å². The number of rotatable bonds is 3. The van der Waals surface area contributed by atoms with Crippen molar-refractivity contribution >= 4 is 11.6 Å². The van der Waals surface area contributed by atoms with Crippen molar-refractivity contribution in [3.63, 3.8) is 0 Å². The second-order valence-corrected chi connectivity index (χ2v) is 9.97. The quantitative estimate of drug-likeness (QED) is 0.253. The molecule has 0 amide bonds. The summed E-state index contributed by atoms with van der Waals surface area (Å²) in [4.78, 5) is 0. The van der Waals surface area contributed by atoms with Gasteiger partial charge in [0.15, 0.2) is 0 Å². The van der Waals surface area contributed by atoms with Crippen LogP contribution in [0.4, 0.5) is 0 Å². The molecule has 0 heterocycles. The molecule has 0 nitrogen and oxygen atoms in total. The average Bonchev–Trinajstić information content (AvgIpc) is 3.11. The van der Waals surface area contributed by atoms with Gasteiger partial charge in [-0.25, -0.2) is 0 Å². The molecule has 0 atom stereocenters. The van der Waals surface area contributed by atoms with Crippen LogP contribution < -0.4 is 0 Å². The van der Waals surface area contributed by atoms with E-state index in [2.05, 4.69) is 123 Å². The third-order valence-corrected chi connectivity index (χ3v) is 7.38. The van der Waals surface area contributed by atoms with Gasteiger partial charge in [0.2, 0.25) is 0 Å². The fourth-order valence-electron chi connectivity index (χ4n) is 5.49. The fraction of sp³-hybridized carbons (Fsp3) is 0.0909. The van der Waals surface area contributed by atoms with Gasteiger partial charge in [0, 0.05) is 10.4 Å². The van der Waals surface area contributed by atoms with E-state index in [-0.39, 0.29) is 5.41 Å². The largest absolute Gasteiger partial charge is 0.0843 e. The summed E-state index contributed by atoms with van der Waals surface area (Å²) in [6.45, 7) is 4.65. The molecule has 1 aliphatic carbocycles. The zero-order chi connectivity index (χ0) is 23.3. The first-order chi connectivity index (χ1) is 16.5. The number of benzene rings is 5. The summed E-state index contributed by atoms with van der Waals surface area (Å²) in [6.07, 6.45) is 0. The van der Waals surface area contributed by atoms with Crippen LogP contribution in [0.5, 0.6) is 0 Å². The molecule has 0 aliphatic heterocycles. The molecule has 0 saturated carbocycles. The lowest BCUT2D eigenvalue weighted by atomic mass is 9.78. The van der Waals surface area contributed by atoms with Crippen molar-refractivity contribution in [3.05, 3.63) is 131 Å². The molecule has 6 rings (SSSR count). The Labute approximate surface area is 206 Å². The van der Waals surface area contributed by atoms with Gasteiger partial charge in [-0.05, 0) is 67.8 Å². The number of hydrogen-bond acceptors (Lipinski definition) is 0. The number of fused-ring (bicyclic) bond motifs is 3. The Morgan fingerprint density at radius 3 is 1.68 bits per heavy atom. The van der Waals surface area contributed by atoms with Crippen molar-refractivity contribution in [1.29, 1.82) is 0 Å². The highest BCUT2D eigenvalue weighted by Crippen LogP contribution is 2.55. The van der Waals surface area contributed by atoms with Gasteiger partial charge in [0.25, 0.3) is 0 Å². The van der Waals surface area contributed by atoms with Gasteiger partial charge in [-0.1, -0.05) is 129 Å². The molecule has 5 aromatic rings. The lowest BCUT2D eigenvalue weighted by Crippen LogP contribution is -2.16. The van der Waals surface area contributed by atoms with E-state index in [1.807, 2.05) is 6.07 Å². The Morgan fingerprint density at radius 2 is 1.00 bits per heavy atom. The molecule has 0 aromatic heterocycles. The van der Waals surface area contributed by atoms with E-state index in [0.717, 1.165) is 5.02 Å². The lowest BCUT2D eigenvalue weighted by molar-refractivity contribution is 0.662. The van der Waals surface area contributed by atoms with Crippen LogP contribution >= 0.6 is 11.6 Å². The molecule has 0 N–H and O–H groups in total. The normalized spacial score (nSPS) is 13.4. The van der Waals surface area contributed by atoms with E-state index >= 15 is 0 Å². The van der Waals surface area contributed by atoms with Crippen molar-refractivity contribution in [3.8, 4) is 44.5 Å². The minimum Gasteiger partial charge on any atom is -0.0843 e. The standard InChI is InChI=1S/C33H25Cl/c1-33(2)30-21-26(34)17-18-29(30)31-27(24-11-7-4-8-12-24)19-20-28(32(31)33)25-15-13-23(14-16-25)22-9-5-3-6-10-22/h3-21H,1-2H3. The van der Waals surface area contributed by atoms with Crippen LogP contribution in [0.3, 0.4) is 0 Å². The highest BCUT2D eigenvalue weighted by molar-refractivity contribution is 6.30. The van der Waals surface area contributed by atoms with Gasteiger partial charge in [-0.2, -0.15) is 0 Å². The molecule has 0 saturated heterocycles. The molecule has 5 aromatic carbocycles. The van der Waals surface area contributed by atoms with Crippen LogP contribution in [0.25, 0.3) is 44.5 Å². The van der Waals surface area contributed by atoms with Crippen LogP contribution in [0.2, 0.25) is 5.02 Å². The molecule has 0 bridgehead atoms. The maximum atomic E-state index is 6.48. The van der Waals surface area contributed by atoms with Crippen LogP contribution in [-0.2, 0) is 5.41 Å². The molecular weight excluding hydrogens is 432 g/mol. The van der Waals surface area contributed by atoms with E-state index in [1.54, 1.807) is 0 Å². The summed E-state index contributed by atoms with van der Waals surface area (Å²) < 4.78 is 0. The minimum atomic E-state index is -0.159. The lowest BCUT2D eigenvalue weighted by Gasteiger charge is -2.25. The summed E-state index contributed by atoms with van der Waals surface area (Å²) in [5.41, 5.74) is 12.6. The monoisotopic (exact) mass is 456 g/mol. The smallest absolute Gasteiger partial charge is 0.0409 e. The zero-order valence-corrected chi connectivity index (χ0v) is 20.1. The second kappa shape index (κ2) is 8.01. The molecule has 34 heavy (non-hydrogen) atoms. The van der Waals surface area contributed by atoms with Gasteiger partial charge in [-0.3, -0.25) is 0 Å². The van der Waals surface area contributed by atoms with E-state index in [0.29, 0.717) is 0 Å². The molecular formula is C33H25Cl. The third-order valence-electron chi connectivity index (χ3n) is 7.14. The third kappa shape index (κ3) is 3.30. The van der Waals surface area contributed by atoms with Gasteiger partial charge in [-0.15, -0.1) is 0 Å². The van der Waals surface area contributed by atoms with Crippen LogP contribution in [0.1, 0.15) is 25.0 Å². The van der Waals surface area contributed by atoms with E-state index in [1.165, 1.54) is 55.6 Å². The fourth-order valence-corrected chi connectivity index (χ4v) is 5.66. The summed E-state index contributed by atoms with van der Waals surface area (Å²) in [5.74, 6) is 0. The van der Waals surface area contributed by atoms with Crippen molar-refractivity contribution in [1.82, 2.24) is 0 Å². The van der Waals surface area contributed by atoms with E-state index in [9.17, 15) is 0 Å².